The Morgan fingerprint density at radius 2 is 1.74 bits per heavy atom. The molecule has 1 aromatic rings. The summed E-state index contributed by atoms with van der Waals surface area (Å²) in [4.78, 5) is 0.243. The van der Waals surface area contributed by atoms with E-state index < -0.39 is 10.0 Å². The highest BCUT2D eigenvalue weighted by atomic mass is 32.2. The van der Waals surface area contributed by atoms with Crippen LogP contribution in [0.4, 0.5) is 0 Å². The van der Waals surface area contributed by atoms with Gasteiger partial charge in [0, 0.05) is 13.1 Å². The van der Waals surface area contributed by atoms with Gasteiger partial charge < -0.3 is 4.74 Å². The second kappa shape index (κ2) is 4.60. The van der Waals surface area contributed by atoms with Gasteiger partial charge in [-0.25, -0.2) is 8.42 Å². The van der Waals surface area contributed by atoms with Crippen LogP contribution in [0.3, 0.4) is 0 Å². The molecule has 2 fully saturated rings. The number of nitrogens with zero attached hydrogens (tertiary/aromatic N) is 2. The lowest BCUT2D eigenvalue weighted by molar-refractivity contribution is -0.0114. The summed E-state index contributed by atoms with van der Waals surface area (Å²) in [5.74, 6) is 0. The fraction of sp³-hybridized carbons (Fsp3) is 0.462. The van der Waals surface area contributed by atoms with E-state index in [1.807, 2.05) is 6.07 Å². The third kappa shape index (κ3) is 2.25. The topological polar surface area (TPSA) is 70.4 Å². The standard InChI is InChI=1S/C13H14N2O3S/c14-7-10-1-5-13(6-2-10)19(16,17)15-8-11-3-4-12(9-15)18-11/h1-2,5-6,11-12H,3-4,8-9H2/t11-,12+. The van der Waals surface area contributed by atoms with Crippen molar-refractivity contribution in [3.8, 4) is 6.07 Å². The van der Waals surface area contributed by atoms with Crippen molar-refractivity contribution in [2.45, 2.75) is 29.9 Å². The second-order valence-corrected chi connectivity index (χ2v) is 6.85. The van der Waals surface area contributed by atoms with Crippen LogP contribution in [0.5, 0.6) is 0 Å². The monoisotopic (exact) mass is 278 g/mol. The molecule has 3 rings (SSSR count). The van der Waals surface area contributed by atoms with Crippen LogP contribution in [0, 0.1) is 11.3 Å². The molecule has 0 amide bonds. The van der Waals surface area contributed by atoms with Crippen molar-refractivity contribution in [3.05, 3.63) is 29.8 Å². The van der Waals surface area contributed by atoms with Gasteiger partial charge in [-0.3, -0.25) is 0 Å². The smallest absolute Gasteiger partial charge is 0.243 e. The Labute approximate surface area is 112 Å². The average molecular weight is 278 g/mol. The van der Waals surface area contributed by atoms with Gasteiger partial charge >= 0.3 is 0 Å². The molecule has 2 saturated heterocycles. The molecule has 0 aliphatic carbocycles. The summed E-state index contributed by atoms with van der Waals surface area (Å²) in [6, 6.07) is 8.02. The van der Waals surface area contributed by atoms with Crippen molar-refractivity contribution in [1.29, 1.82) is 5.26 Å². The van der Waals surface area contributed by atoms with Crippen molar-refractivity contribution in [2.24, 2.45) is 0 Å². The highest BCUT2D eigenvalue weighted by Crippen LogP contribution is 2.29. The first-order chi connectivity index (χ1) is 9.09. The molecule has 100 valence electrons. The van der Waals surface area contributed by atoms with E-state index in [0.717, 1.165) is 12.8 Å². The molecule has 2 bridgehead atoms. The molecular formula is C13H14N2O3S. The minimum absolute atomic E-state index is 0.0342. The van der Waals surface area contributed by atoms with E-state index >= 15 is 0 Å². The Balaban J connectivity index is 1.87. The normalized spacial score (nSPS) is 27.1. The minimum atomic E-state index is -3.47. The van der Waals surface area contributed by atoms with Crippen LogP contribution in [-0.4, -0.2) is 38.0 Å². The van der Waals surface area contributed by atoms with Crippen LogP contribution in [0.2, 0.25) is 0 Å². The first-order valence-electron chi connectivity index (χ1n) is 6.25. The van der Waals surface area contributed by atoms with Crippen LogP contribution in [0.1, 0.15) is 18.4 Å². The maximum absolute atomic E-state index is 12.5. The molecule has 0 radical (unpaired) electrons. The van der Waals surface area contributed by atoms with E-state index in [4.69, 9.17) is 10.00 Å². The summed E-state index contributed by atoms with van der Waals surface area (Å²) >= 11 is 0. The van der Waals surface area contributed by atoms with E-state index in [1.165, 1.54) is 28.6 Å². The van der Waals surface area contributed by atoms with Gasteiger partial charge in [-0.15, -0.1) is 0 Å². The van der Waals surface area contributed by atoms with E-state index in [2.05, 4.69) is 0 Å². The van der Waals surface area contributed by atoms with Gasteiger partial charge in [0.05, 0.1) is 28.7 Å². The number of morpholine rings is 1. The summed E-state index contributed by atoms with van der Waals surface area (Å²) in [6.07, 6.45) is 1.94. The molecule has 0 saturated carbocycles. The lowest BCUT2D eigenvalue weighted by Gasteiger charge is -2.31. The number of hydrogen-bond donors (Lipinski definition) is 0. The number of ether oxygens (including phenoxy) is 1. The van der Waals surface area contributed by atoms with E-state index in [1.54, 1.807) is 0 Å². The fourth-order valence-electron chi connectivity index (χ4n) is 2.62. The Bertz CT molecular complexity index is 606. The average Bonchev–Trinajstić information content (AvgIpc) is 2.77. The molecule has 2 heterocycles. The number of fused-ring (bicyclic) bond motifs is 2. The number of rotatable bonds is 2. The lowest BCUT2D eigenvalue weighted by Crippen LogP contribution is -2.45. The molecule has 2 atom stereocenters. The van der Waals surface area contributed by atoms with Crippen LogP contribution in [0.15, 0.2) is 29.2 Å². The first-order valence-corrected chi connectivity index (χ1v) is 7.69. The highest BCUT2D eigenvalue weighted by Gasteiger charge is 2.39. The van der Waals surface area contributed by atoms with Crippen LogP contribution in [-0.2, 0) is 14.8 Å². The van der Waals surface area contributed by atoms with Crippen LogP contribution >= 0.6 is 0 Å². The molecule has 0 N–H and O–H groups in total. The Kier molecular flexibility index (Phi) is 3.05. The van der Waals surface area contributed by atoms with Crippen molar-refractivity contribution in [3.63, 3.8) is 0 Å². The zero-order valence-electron chi connectivity index (χ0n) is 10.3. The molecule has 0 spiro atoms. The molecule has 2 aliphatic rings. The van der Waals surface area contributed by atoms with Crippen molar-refractivity contribution < 1.29 is 13.2 Å². The van der Waals surface area contributed by atoms with Crippen LogP contribution < -0.4 is 0 Å². The van der Waals surface area contributed by atoms with Crippen molar-refractivity contribution in [2.75, 3.05) is 13.1 Å². The zero-order chi connectivity index (χ0) is 13.5. The molecule has 2 aliphatic heterocycles. The number of nitriles is 1. The highest BCUT2D eigenvalue weighted by molar-refractivity contribution is 7.89. The summed E-state index contributed by atoms with van der Waals surface area (Å²) < 4.78 is 32.1. The molecule has 6 heteroatoms. The van der Waals surface area contributed by atoms with Crippen molar-refractivity contribution >= 4 is 10.0 Å². The molecule has 19 heavy (non-hydrogen) atoms. The van der Waals surface area contributed by atoms with Gasteiger partial charge in [0.1, 0.15) is 0 Å². The Morgan fingerprint density at radius 1 is 1.16 bits per heavy atom. The lowest BCUT2D eigenvalue weighted by atomic mass is 10.2. The largest absolute Gasteiger partial charge is 0.372 e. The molecule has 1 aromatic carbocycles. The van der Waals surface area contributed by atoms with Gasteiger partial charge in [-0.05, 0) is 37.1 Å². The molecule has 5 nitrogen and oxygen atoms in total. The summed E-state index contributed by atoms with van der Waals surface area (Å²) in [5.41, 5.74) is 0.459. The fourth-order valence-corrected chi connectivity index (χ4v) is 4.13. The second-order valence-electron chi connectivity index (χ2n) is 4.92. The summed E-state index contributed by atoms with van der Waals surface area (Å²) in [7, 11) is -3.47. The zero-order valence-corrected chi connectivity index (χ0v) is 11.1. The number of hydrogen-bond acceptors (Lipinski definition) is 4. The third-order valence-electron chi connectivity index (χ3n) is 3.63. The van der Waals surface area contributed by atoms with Crippen molar-refractivity contribution in [1.82, 2.24) is 4.31 Å². The van der Waals surface area contributed by atoms with E-state index in [-0.39, 0.29) is 17.1 Å². The summed E-state index contributed by atoms with van der Waals surface area (Å²) in [6.45, 7) is 0.859. The Morgan fingerprint density at radius 3 is 2.26 bits per heavy atom. The SMILES string of the molecule is N#Cc1ccc(S(=O)(=O)N2C[C@H]3CC[C@@H](C2)O3)cc1. The predicted octanol–water partition coefficient (Wildman–Crippen LogP) is 1.11. The van der Waals surface area contributed by atoms with Crippen LogP contribution in [0.25, 0.3) is 0 Å². The van der Waals surface area contributed by atoms with Gasteiger partial charge in [0.25, 0.3) is 0 Å². The number of benzene rings is 1. The van der Waals surface area contributed by atoms with Gasteiger partial charge in [0.2, 0.25) is 10.0 Å². The number of sulfonamides is 1. The first kappa shape index (κ1) is 12.6. The van der Waals surface area contributed by atoms with Gasteiger partial charge in [-0.2, -0.15) is 9.57 Å². The molecule has 0 aromatic heterocycles. The molecular weight excluding hydrogens is 264 g/mol. The quantitative estimate of drug-likeness (QED) is 0.812. The van der Waals surface area contributed by atoms with E-state index in [9.17, 15) is 8.42 Å². The van der Waals surface area contributed by atoms with Gasteiger partial charge in [-0.1, -0.05) is 0 Å². The van der Waals surface area contributed by atoms with E-state index in [0.29, 0.717) is 18.7 Å². The summed E-state index contributed by atoms with van der Waals surface area (Å²) in [5, 5.41) is 8.73. The predicted molar refractivity (Wildman–Crippen MR) is 67.8 cm³/mol. The Hall–Kier alpha value is -1.42. The van der Waals surface area contributed by atoms with Gasteiger partial charge in [0.15, 0.2) is 0 Å². The molecule has 0 unspecified atom stereocenters. The maximum atomic E-state index is 12.5. The minimum Gasteiger partial charge on any atom is -0.372 e. The maximum Gasteiger partial charge on any atom is 0.243 e. The third-order valence-corrected chi connectivity index (χ3v) is 5.48.